The zero-order valence-corrected chi connectivity index (χ0v) is 13.2. The van der Waals surface area contributed by atoms with Gasteiger partial charge in [-0.2, -0.15) is 0 Å². The molecule has 3 nitrogen and oxygen atoms in total. The number of piperidine rings is 1. The van der Waals surface area contributed by atoms with Crippen molar-refractivity contribution in [3.63, 3.8) is 0 Å². The van der Waals surface area contributed by atoms with E-state index in [0.29, 0.717) is 12.0 Å². The van der Waals surface area contributed by atoms with Crippen molar-refractivity contribution < 1.29 is 13.7 Å². The Morgan fingerprint density at radius 1 is 1.20 bits per heavy atom. The molecule has 2 aliphatic heterocycles. The van der Waals surface area contributed by atoms with Crippen molar-refractivity contribution >= 4 is 7.12 Å². The van der Waals surface area contributed by atoms with Gasteiger partial charge in [-0.15, -0.1) is 0 Å². The van der Waals surface area contributed by atoms with Gasteiger partial charge < -0.3 is 14.2 Å². The third kappa shape index (κ3) is 2.06. The Labute approximate surface area is 121 Å². The van der Waals surface area contributed by atoms with Crippen molar-refractivity contribution in [2.75, 3.05) is 13.6 Å². The van der Waals surface area contributed by atoms with Crippen LogP contribution in [-0.4, -0.2) is 42.9 Å². The van der Waals surface area contributed by atoms with E-state index in [0.717, 1.165) is 25.0 Å². The van der Waals surface area contributed by atoms with Gasteiger partial charge in [-0.05, 0) is 65.5 Å². The van der Waals surface area contributed by atoms with Crippen molar-refractivity contribution in [3.05, 3.63) is 11.3 Å². The topological polar surface area (TPSA) is 21.7 Å². The van der Waals surface area contributed by atoms with Gasteiger partial charge in [0.05, 0.1) is 11.2 Å². The van der Waals surface area contributed by atoms with E-state index in [1.54, 1.807) is 0 Å². The lowest BCUT2D eigenvalue weighted by molar-refractivity contribution is 0.00578. The van der Waals surface area contributed by atoms with Crippen LogP contribution in [0, 0.1) is 5.92 Å². The molecule has 3 fully saturated rings. The summed E-state index contributed by atoms with van der Waals surface area (Å²) in [5.74, 6) is 0.368. The minimum absolute atomic E-state index is 0.161. The molecule has 2 unspecified atom stereocenters. The van der Waals surface area contributed by atoms with Gasteiger partial charge in [-0.25, -0.2) is 4.39 Å². The molecular weight excluding hydrogens is 256 g/mol. The number of hydrogen-bond donors (Lipinski definition) is 0. The monoisotopic (exact) mass is 281 g/mol. The summed E-state index contributed by atoms with van der Waals surface area (Å²) in [5.41, 5.74) is -0.163. The second-order valence-corrected chi connectivity index (χ2v) is 7.44. The lowest BCUT2D eigenvalue weighted by Gasteiger charge is -2.48. The van der Waals surface area contributed by atoms with E-state index in [1.807, 2.05) is 27.7 Å². The molecule has 3 rings (SSSR count). The summed E-state index contributed by atoms with van der Waals surface area (Å²) in [6.07, 6.45) is 3.08. The van der Waals surface area contributed by atoms with Crippen LogP contribution in [0.3, 0.4) is 0 Å². The highest BCUT2D eigenvalue weighted by Gasteiger charge is 2.54. The summed E-state index contributed by atoms with van der Waals surface area (Å²) < 4.78 is 26.6. The van der Waals surface area contributed by atoms with Gasteiger partial charge in [0, 0.05) is 12.6 Å². The first-order chi connectivity index (χ1) is 9.23. The second kappa shape index (κ2) is 4.55. The highest BCUT2D eigenvalue weighted by atomic mass is 19.1. The molecule has 2 heterocycles. The SMILES string of the molecule is CN1CCC(=C(F)B2OC(C)(C)C(C)(C)O2)C2CCC21. The molecule has 0 aromatic rings. The molecular formula is C15H25BFNO2. The number of fused-ring (bicyclic) bond motifs is 1. The maximum absolute atomic E-state index is 14.9. The van der Waals surface area contributed by atoms with Crippen molar-refractivity contribution in [1.29, 1.82) is 0 Å². The molecule has 0 aromatic heterocycles. The normalized spacial score (nSPS) is 38.4. The fourth-order valence-corrected chi connectivity index (χ4v) is 3.46. The zero-order chi connectivity index (χ0) is 14.7. The van der Waals surface area contributed by atoms with Crippen molar-refractivity contribution in [3.8, 4) is 0 Å². The largest absolute Gasteiger partial charge is 0.525 e. The van der Waals surface area contributed by atoms with Gasteiger partial charge in [0.25, 0.3) is 0 Å². The van der Waals surface area contributed by atoms with Gasteiger partial charge in [-0.3, -0.25) is 0 Å². The first-order valence-electron chi connectivity index (χ1n) is 7.67. The Hall–Kier alpha value is -0.385. The van der Waals surface area contributed by atoms with E-state index in [4.69, 9.17) is 9.31 Å². The molecule has 0 spiro atoms. The fourth-order valence-electron chi connectivity index (χ4n) is 3.46. The molecule has 0 aromatic carbocycles. The summed E-state index contributed by atoms with van der Waals surface area (Å²) in [6.45, 7) is 8.79. The van der Waals surface area contributed by atoms with Gasteiger partial charge in [-0.1, -0.05) is 0 Å². The van der Waals surface area contributed by atoms with Crippen molar-refractivity contribution in [2.24, 2.45) is 5.92 Å². The van der Waals surface area contributed by atoms with Gasteiger partial charge >= 0.3 is 7.12 Å². The van der Waals surface area contributed by atoms with E-state index in [-0.39, 0.29) is 5.73 Å². The predicted octanol–water partition coefficient (Wildman–Crippen LogP) is 2.96. The smallest absolute Gasteiger partial charge is 0.398 e. The van der Waals surface area contributed by atoms with Crippen LogP contribution in [0.25, 0.3) is 0 Å². The third-order valence-electron chi connectivity index (χ3n) is 5.75. The van der Waals surface area contributed by atoms with Gasteiger partial charge in [0.2, 0.25) is 0 Å². The fraction of sp³-hybridized carbons (Fsp3) is 0.867. The average molecular weight is 281 g/mol. The lowest BCUT2D eigenvalue weighted by atomic mass is 9.67. The maximum Gasteiger partial charge on any atom is 0.525 e. The molecule has 2 atom stereocenters. The van der Waals surface area contributed by atoms with Crippen LogP contribution in [-0.2, 0) is 9.31 Å². The molecule has 2 saturated heterocycles. The van der Waals surface area contributed by atoms with Crippen molar-refractivity contribution in [2.45, 2.75) is 64.2 Å². The first kappa shape index (κ1) is 14.5. The molecule has 112 valence electrons. The van der Waals surface area contributed by atoms with E-state index in [9.17, 15) is 4.39 Å². The lowest BCUT2D eigenvalue weighted by Crippen LogP contribution is -2.50. The summed E-state index contributed by atoms with van der Waals surface area (Å²) in [6, 6.07) is 0.520. The quantitative estimate of drug-likeness (QED) is 0.690. The molecule has 1 saturated carbocycles. The Kier molecular flexibility index (Phi) is 3.31. The zero-order valence-electron chi connectivity index (χ0n) is 13.2. The van der Waals surface area contributed by atoms with Crippen LogP contribution in [0.15, 0.2) is 11.3 Å². The Balaban J connectivity index is 1.83. The second-order valence-electron chi connectivity index (χ2n) is 7.44. The van der Waals surface area contributed by atoms with Crippen LogP contribution in [0.5, 0.6) is 0 Å². The number of hydrogen-bond acceptors (Lipinski definition) is 3. The van der Waals surface area contributed by atoms with Crippen LogP contribution in [0.4, 0.5) is 4.39 Å². The Bertz CT molecular complexity index is 433. The van der Waals surface area contributed by atoms with Gasteiger partial charge in [0.1, 0.15) is 5.73 Å². The molecule has 0 amide bonds. The molecule has 0 bridgehead atoms. The Morgan fingerprint density at radius 3 is 2.30 bits per heavy atom. The third-order valence-corrected chi connectivity index (χ3v) is 5.75. The standard InChI is InChI=1S/C15H25BFNO2/c1-14(2)15(3,4)20-16(19-14)13(17)11-8-9-18(5)12-7-6-10(11)12/h10,12H,6-9H2,1-5H3. The summed E-state index contributed by atoms with van der Waals surface area (Å²) >= 11 is 0. The highest BCUT2D eigenvalue weighted by Crippen LogP contribution is 2.46. The molecule has 5 heteroatoms. The summed E-state index contributed by atoms with van der Waals surface area (Å²) in [7, 11) is 1.32. The van der Waals surface area contributed by atoms with E-state index in [2.05, 4.69) is 11.9 Å². The summed E-state index contributed by atoms with van der Waals surface area (Å²) in [4.78, 5) is 2.36. The van der Waals surface area contributed by atoms with E-state index in [1.165, 1.54) is 6.42 Å². The van der Waals surface area contributed by atoms with Crippen LogP contribution in [0.2, 0.25) is 0 Å². The molecule has 20 heavy (non-hydrogen) atoms. The number of nitrogens with zero attached hydrogens (tertiary/aromatic N) is 1. The molecule has 0 radical (unpaired) electrons. The average Bonchev–Trinajstić information content (AvgIpc) is 2.50. The van der Waals surface area contributed by atoms with Gasteiger partial charge in [0.15, 0.2) is 0 Å². The first-order valence-corrected chi connectivity index (χ1v) is 7.67. The number of likely N-dealkylation sites (tertiary alicyclic amines) is 1. The molecule has 0 N–H and O–H groups in total. The van der Waals surface area contributed by atoms with Crippen LogP contribution in [0.1, 0.15) is 47.0 Å². The minimum atomic E-state index is -0.820. The maximum atomic E-state index is 14.9. The Morgan fingerprint density at radius 2 is 1.80 bits per heavy atom. The highest BCUT2D eigenvalue weighted by molar-refractivity contribution is 6.53. The summed E-state index contributed by atoms with van der Waals surface area (Å²) in [5, 5.41) is 0. The van der Waals surface area contributed by atoms with Crippen LogP contribution < -0.4 is 0 Å². The van der Waals surface area contributed by atoms with Crippen molar-refractivity contribution in [1.82, 2.24) is 4.90 Å². The predicted molar refractivity (Wildman–Crippen MR) is 78.0 cm³/mol. The van der Waals surface area contributed by atoms with E-state index < -0.39 is 18.3 Å². The van der Waals surface area contributed by atoms with E-state index >= 15 is 0 Å². The number of halogens is 1. The minimum Gasteiger partial charge on any atom is -0.398 e. The number of rotatable bonds is 1. The van der Waals surface area contributed by atoms with Crippen LogP contribution >= 0.6 is 0 Å². The molecule has 3 aliphatic rings. The molecule has 1 aliphatic carbocycles.